The number of fused-ring (bicyclic) bond motifs is 1. The molecule has 0 spiro atoms. The van der Waals surface area contributed by atoms with Crippen LogP contribution in [-0.4, -0.2) is 33.0 Å². The Labute approximate surface area is 155 Å². The van der Waals surface area contributed by atoms with Crippen molar-refractivity contribution in [2.45, 2.75) is 32.5 Å². The van der Waals surface area contributed by atoms with Crippen LogP contribution in [0.5, 0.6) is 0 Å². The van der Waals surface area contributed by atoms with Crippen LogP contribution in [0.1, 0.15) is 40.0 Å². The molecule has 3 aromatic heterocycles. The molecule has 1 aliphatic rings. The van der Waals surface area contributed by atoms with E-state index in [4.69, 9.17) is 8.83 Å². The van der Waals surface area contributed by atoms with Gasteiger partial charge in [0.05, 0.1) is 43.8 Å². The van der Waals surface area contributed by atoms with Crippen LogP contribution in [0.25, 0.3) is 0 Å². The van der Waals surface area contributed by atoms with Crippen molar-refractivity contribution in [2.75, 3.05) is 6.54 Å². The fourth-order valence-corrected chi connectivity index (χ4v) is 3.31. The monoisotopic (exact) mass is 368 g/mol. The van der Waals surface area contributed by atoms with Crippen LogP contribution >= 0.6 is 0 Å². The zero-order valence-corrected chi connectivity index (χ0v) is 14.9. The van der Waals surface area contributed by atoms with E-state index in [1.54, 1.807) is 35.6 Å². The third-order valence-corrected chi connectivity index (χ3v) is 4.69. The highest BCUT2D eigenvalue weighted by atomic mass is 16.3. The van der Waals surface area contributed by atoms with Gasteiger partial charge in [-0.05, 0) is 31.2 Å². The van der Waals surface area contributed by atoms with E-state index in [2.05, 4.69) is 10.4 Å². The number of nitrogens with zero attached hydrogens (tertiary/aromatic N) is 3. The van der Waals surface area contributed by atoms with Crippen LogP contribution in [0, 0.1) is 6.92 Å². The molecule has 140 valence electrons. The number of nitrogens with one attached hydrogen (secondary N) is 1. The van der Waals surface area contributed by atoms with Gasteiger partial charge in [-0.1, -0.05) is 0 Å². The topological polar surface area (TPSA) is 93.5 Å². The average molecular weight is 368 g/mol. The van der Waals surface area contributed by atoms with Crippen LogP contribution in [-0.2, 0) is 17.9 Å². The minimum atomic E-state index is -0.237. The first-order chi connectivity index (χ1) is 13.1. The molecular formula is C19H20N4O4. The Morgan fingerprint density at radius 3 is 2.89 bits per heavy atom. The number of hydrogen-bond acceptors (Lipinski definition) is 5. The number of aryl methyl sites for hydroxylation is 1. The van der Waals surface area contributed by atoms with Gasteiger partial charge in [-0.25, -0.2) is 0 Å². The minimum Gasteiger partial charge on any atom is -0.467 e. The molecule has 0 saturated carbocycles. The molecule has 3 aromatic rings. The van der Waals surface area contributed by atoms with Gasteiger partial charge in [-0.2, -0.15) is 5.10 Å². The van der Waals surface area contributed by atoms with E-state index in [0.29, 0.717) is 31.2 Å². The fourth-order valence-electron chi connectivity index (χ4n) is 3.31. The summed E-state index contributed by atoms with van der Waals surface area (Å²) in [6, 6.07) is 6.97. The van der Waals surface area contributed by atoms with Gasteiger partial charge < -0.3 is 19.1 Å². The minimum absolute atomic E-state index is 0.124. The second kappa shape index (κ2) is 7.14. The first kappa shape index (κ1) is 17.1. The molecule has 0 aliphatic carbocycles. The van der Waals surface area contributed by atoms with E-state index < -0.39 is 0 Å². The molecule has 0 radical (unpaired) electrons. The maximum Gasteiger partial charge on any atom is 0.290 e. The Balaban J connectivity index is 1.46. The molecule has 1 atom stereocenters. The Hall–Kier alpha value is -3.29. The lowest BCUT2D eigenvalue weighted by Gasteiger charge is -2.33. The van der Waals surface area contributed by atoms with Gasteiger partial charge >= 0.3 is 0 Å². The van der Waals surface area contributed by atoms with Crippen molar-refractivity contribution >= 4 is 11.8 Å². The predicted octanol–water partition coefficient (Wildman–Crippen LogP) is 2.28. The molecule has 1 N–H and O–H groups in total. The van der Waals surface area contributed by atoms with E-state index in [1.807, 2.05) is 17.7 Å². The van der Waals surface area contributed by atoms with Crippen molar-refractivity contribution < 1.29 is 18.4 Å². The standard InChI is InChI=1S/C19H20N4O4/c1-13-5-8-27-18(13)19(25)22-11-14-4-6-21-23(14)15(12-22)9-17(24)20-10-16-3-2-7-26-16/h2-8,15H,9-12H2,1H3,(H,20,24)/t15-/m1/s1. The van der Waals surface area contributed by atoms with Crippen molar-refractivity contribution in [1.29, 1.82) is 0 Å². The second-order valence-electron chi connectivity index (χ2n) is 6.60. The van der Waals surface area contributed by atoms with Crippen molar-refractivity contribution in [3.05, 3.63) is 65.8 Å². The number of hydrogen-bond donors (Lipinski definition) is 1. The second-order valence-corrected chi connectivity index (χ2v) is 6.60. The number of carbonyl (C=O) groups is 2. The number of amides is 2. The lowest BCUT2D eigenvalue weighted by Crippen LogP contribution is -2.43. The lowest BCUT2D eigenvalue weighted by atomic mass is 10.1. The summed E-state index contributed by atoms with van der Waals surface area (Å²) < 4.78 is 12.4. The number of furan rings is 2. The summed E-state index contributed by atoms with van der Waals surface area (Å²) in [5.41, 5.74) is 1.69. The van der Waals surface area contributed by atoms with E-state index in [1.165, 1.54) is 6.26 Å². The fraction of sp³-hybridized carbons (Fsp3) is 0.316. The largest absolute Gasteiger partial charge is 0.467 e. The Morgan fingerprint density at radius 2 is 2.15 bits per heavy atom. The summed E-state index contributed by atoms with van der Waals surface area (Å²) >= 11 is 0. The molecule has 0 saturated heterocycles. The van der Waals surface area contributed by atoms with Crippen LogP contribution in [0.4, 0.5) is 0 Å². The molecule has 1 aliphatic heterocycles. The molecule has 0 unspecified atom stereocenters. The van der Waals surface area contributed by atoms with E-state index in [0.717, 1.165) is 11.3 Å². The first-order valence-corrected chi connectivity index (χ1v) is 8.76. The lowest BCUT2D eigenvalue weighted by molar-refractivity contribution is -0.122. The Bertz CT molecular complexity index is 941. The molecule has 4 heterocycles. The highest BCUT2D eigenvalue weighted by Gasteiger charge is 2.32. The summed E-state index contributed by atoms with van der Waals surface area (Å²) in [6.45, 7) is 2.99. The molecule has 27 heavy (non-hydrogen) atoms. The Kier molecular flexibility index (Phi) is 4.53. The van der Waals surface area contributed by atoms with Crippen LogP contribution < -0.4 is 5.32 Å². The van der Waals surface area contributed by atoms with Gasteiger partial charge in [0.25, 0.3) is 5.91 Å². The van der Waals surface area contributed by atoms with Crippen LogP contribution in [0.3, 0.4) is 0 Å². The van der Waals surface area contributed by atoms with Crippen molar-refractivity contribution in [1.82, 2.24) is 20.0 Å². The van der Waals surface area contributed by atoms with Gasteiger partial charge in [-0.3, -0.25) is 14.3 Å². The maximum absolute atomic E-state index is 12.8. The van der Waals surface area contributed by atoms with Crippen LogP contribution in [0.15, 0.2) is 51.8 Å². The summed E-state index contributed by atoms with van der Waals surface area (Å²) in [4.78, 5) is 26.9. The number of carbonyl (C=O) groups excluding carboxylic acids is 2. The molecule has 0 fully saturated rings. The summed E-state index contributed by atoms with van der Waals surface area (Å²) in [5.74, 6) is 0.730. The normalized spacial score (nSPS) is 16.2. The summed E-state index contributed by atoms with van der Waals surface area (Å²) in [6.07, 6.45) is 4.99. The highest BCUT2D eigenvalue weighted by Crippen LogP contribution is 2.25. The van der Waals surface area contributed by atoms with E-state index in [-0.39, 0.29) is 24.3 Å². The zero-order valence-electron chi connectivity index (χ0n) is 14.9. The summed E-state index contributed by atoms with van der Waals surface area (Å²) in [7, 11) is 0. The van der Waals surface area contributed by atoms with Gasteiger partial charge in [0.2, 0.25) is 5.91 Å². The SMILES string of the molecule is Cc1ccoc1C(=O)N1Cc2ccnn2[C@H](CC(=O)NCc2ccco2)C1. The smallest absolute Gasteiger partial charge is 0.290 e. The summed E-state index contributed by atoms with van der Waals surface area (Å²) in [5, 5.41) is 7.17. The highest BCUT2D eigenvalue weighted by molar-refractivity contribution is 5.93. The van der Waals surface area contributed by atoms with Crippen LogP contribution in [0.2, 0.25) is 0 Å². The van der Waals surface area contributed by atoms with Crippen molar-refractivity contribution in [3.8, 4) is 0 Å². The quantitative estimate of drug-likeness (QED) is 0.746. The van der Waals surface area contributed by atoms with Gasteiger partial charge in [-0.15, -0.1) is 0 Å². The van der Waals surface area contributed by atoms with Gasteiger partial charge in [0.15, 0.2) is 5.76 Å². The average Bonchev–Trinajstić information content (AvgIpc) is 3.40. The van der Waals surface area contributed by atoms with Crippen molar-refractivity contribution in [2.24, 2.45) is 0 Å². The third kappa shape index (κ3) is 3.51. The molecule has 8 heteroatoms. The maximum atomic E-state index is 12.8. The van der Waals surface area contributed by atoms with Gasteiger partial charge in [0, 0.05) is 18.3 Å². The first-order valence-electron chi connectivity index (χ1n) is 8.76. The van der Waals surface area contributed by atoms with E-state index in [9.17, 15) is 9.59 Å². The van der Waals surface area contributed by atoms with E-state index >= 15 is 0 Å². The molecule has 8 nitrogen and oxygen atoms in total. The van der Waals surface area contributed by atoms with Crippen molar-refractivity contribution in [3.63, 3.8) is 0 Å². The number of rotatable bonds is 5. The molecular weight excluding hydrogens is 348 g/mol. The third-order valence-electron chi connectivity index (χ3n) is 4.69. The molecule has 4 rings (SSSR count). The molecule has 0 bridgehead atoms. The van der Waals surface area contributed by atoms with Gasteiger partial charge in [0.1, 0.15) is 5.76 Å². The molecule has 0 aromatic carbocycles. The Morgan fingerprint density at radius 1 is 1.26 bits per heavy atom. The zero-order chi connectivity index (χ0) is 18.8. The number of aromatic nitrogens is 2. The predicted molar refractivity (Wildman–Crippen MR) is 94.6 cm³/mol. The molecule has 2 amide bonds.